The Kier molecular flexibility index (Phi) is 7.73. The highest BCUT2D eigenvalue weighted by molar-refractivity contribution is 7.81. The second-order valence-electron chi connectivity index (χ2n) is 5.28. The molecule has 0 aliphatic carbocycles. The third-order valence-corrected chi connectivity index (χ3v) is 3.52. The smallest absolute Gasteiger partial charge is 0.243 e. The first-order valence-corrected chi connectivity index (χ1v) is 7.92. The first-order chi connectivity index (χ1) is 11.7. The molecule has 0 aliphatic heterocycles. The van der Waals surface area contributed by atoms with Crippen molar-refractivity contribution in [1.82, 2.24) is 10.6 Å². The normalized spacial score (nSPS) is 12.7. The van der Waals surface area contributed by atoms with Gasteiger partial charge >= 0.3 is 0 Å². The summed E-state index contributed by atoms with van der Waals surface area (Å²) in [5.74, 6) is -3.06. The highest BCUT2D eigenvalue weighted by Gasteiger charge is 2.26. The first kappa shape index (κ1) is 20.3. The number of phenols is 1. The van der Waals surface area contributed by atoms with Crippen LogP contribution in [-0.4, -0.2) is 46.6 Å². The van der Waals surface area contributed by atoms with E-state index in [4.69, 9.17) is 11.5 Å². The minimum absolute atomic E-state index is 0.0550. The molecule has 1 aromatic rings. The summed E-state index contributed by atoms with van der Waals surface area (Å²) in [6.07, 6.45) is -0.360. The number of amides is 4. The number of thiol groups is 1. The number of carbonyl (C=O) groups excluding carboxylic acids is 4. The lowest BCUT2D eigenvalue weighted by molar-refractivity contribution is -0.132. The Morgan fingerprint density at radius 2 is 1.64 bits per heavy atom. The van der Waals surface area contributed by atoms with E-state index in [1.165, 1.54) is 12.1 Å². The van der Waals surface area contributed by atoms with Gasteiger partial charge in [-0.15, -0.1) is 0 Å². The molecule has 9 nitrogen and oxygen atoms in total. The van der Waals surface area contributed by atoms with Crippen LogP contribution >= 0.6 is 12.6 Å². The molecule has 10 heteroatoms. The van der Waals surface area contributed by atoms with E-state index in [0.29, 0.717) is 5.56 Å². The number of carbonyl (C=O) groups is 4. The summed E-state index contributed by atoms with van der Waals surface area (Å²) in [6, 6.07) is 3.69. The number of primary amides is 2. The number of hydrogen-bond donors (Lipinski definition) is 6. The summed E-state index contributed by atoms with van der Waals surface area (Å²) >= 11 is 3.77. The molecule has 4 amide bonds. The van der Waals surface area contributed by atoms with Gasteiger partial charge < -0.3 is 27.2 Å². The van der Waals surface area contributed by atoms with Gasteiger partial charge in [0.2, 0.25) is 23.6 Å². The van der Waals surface area contributed by atoms with Crippen LogP contribution in [0.2, 0.25) is 0 Å². The lowest BCUT2D eigenvalue weighted by atomic mass is 10.0. The molecule has 0 spiro atoms. The molecule has 0 saturated carbocycles. The van der Waals surface area contributed by atoms with Crippen LogP contribution in [-0.2, 0) is 25.6 Å². The fourth-order valence-electron chi connectivity index (χ4n) is 2.01. The van der Waals surface area contributed by atoms with Crippen molar-refractivity contribution in [1.29, 1.82) is 0 Å². The van der Waals surface area contributed by atoms with Gasteiger partial charge in [-0.3, -0.25) is 19.2 Å². The zero-order valence-corrected chi connectivity index (χ0v) is 14.2. The highest BCUT2D eigenvalue weighted by atomic mass is 32.1. The molecular formula is C15H20N4O5S. The van der Waals surface area contributed by atoms with Gasteiger partial charge in [0, 0.05) is 6.42 Å². The van der Waals surface area contributed by atoms with Crippen LogP contribution in [0.4, 0.5) is 0 Å². The van der Waals surface area contributed by atoms with Gasteiger partial charge in [0.05, 0.1) is 12.2 Å². The van der Waals surface area contributed by atoms with Gasteiger partial charge in [0.15, 0.2) is 0 Å². The summed E-state index contributed by atoms with van der Waals surface area (Å²) in [4.78, 5) is 46.4. The van der Waals surface area contributed by atoms with Crippen molar-refractivity contribution in [2.24, 2.45) is 11.5 Å². The zero-order chi connectivity index (χ0) is 19.0. The van der Waals surface area contributed by atoms with Gasteiger partial charge in [0.25, 0.3) is 0 Å². The van der Waals surface area contributed by atoms with Crippen LogP contribution < -0.4 is 22.1 Å². The largest absolute Gasteiger partial charge is 0.508 e. The molecule has 0 saturated heterocycles. The highest BCUT2D eigenvalue weighted by Crippen LogP contribution is 2.11. The Morgan fingerprint density at radius 3 is 2.12 bits per heavy atom. The topological polar surface area (TPSA) is 165 Å². The van der Waals surface area contributed by atoms with Gasteiger partial charge in [-0.25, -0.2) is 0 Å². The van der Waals surface area contributed by atoms with Crippen molar-refractivity contribution in [3.8, 4) is 5.75 Å². The molecule has 0 radical (unpaired) electrons. The molecule has 0 bridgehead atoms. The Bertz CT molecular complexity index is 650. The van der Waals surface area contributed by atoms with Crippen molar-refractivity contribution in [3.05, 3.63) is 29.8 Å². The molecule has 7 N–H and O–H groups in total. The van der Waals surface area contributed by atoms with Crippen LogP contribution in [0.3, 0.4) is 0 Å². The van der Waals surface area contributed by atoms with Crippen LogP contribution in [0.5, 0.6) is 5.75 Å². The van der Waals surface area contributed by atoms with E-state index in [2.05, 4.69) is 23.3 Å². The molecule has 2 atom stereocenters. The quantitative estimate of drug-likeness (QED) is 0.282. The molecule has 1 rings (SSSR count). The maximum absolute atomic E-state index is 12.3. The van der Waals surface area contributed by atoms with Gasteiger partial charge in [-0.1, -0.05) is 12.1 Å². The second kappa shape index (κ2) is 9.52. The number of nitrogens with one attached hydrogen (secondary N) is 2. The van der Waals surface area contributed by atoms with Crippen molar-refractivity contribution in [3.63, 3.8) is 0 Å². The minimum Gasteiger partial charge on any atom is -0.508 e. The van der Waals surface area contributed by atoms with Crippen LogP contribution in [0, 0.1) is 0 Å². The molecule has 0 aromatic heterocycles. The number of hydrogen-bond acceptors (Lipinski definition) is 6. The predicted molar refractivity (Wildman–Crippen MR) is 92.5 cm³/mol. The summed E-state index contributed by atoms with van der Waals surface area (Å²) < 4.78 is 0. The fraction of sp³-hybridized carbons (Fsp3) is 0.333. The van der Waals surface area contributed by atoms with Crippen LogP contribution in [0.15, 0.2) is 24.3 Å². The standard InChI is InChI=1S/C15H20N4O5S/c16-12(21)6-11(18-13(22)7-25)15(24)19-10(14(17)23)5-8-1-3-9(20)4-2-8/h1-4,10-11,20,25H,5-7H2,(H2,16,21)(H2,17,23)(H,18,22)(H,19,24)/t10-,11-/m0/s1. The third kappa shape index (κ3) is 7.12. The molecule has 25 heavy (non-hydrogen) atoms. The van der Waals surface area contributed by atoms with E-state index in [9.17, 15) is 24.3 Å². The molecule has 0 fully saturated rings. The van der Waals surface area contributed by atoms with Crippen molar-refractivity contribution in [2.75, 3.05) is 5.75 Å². The van der Waals surface area contributed by atoms with Gasteiger partial charge in [-0.2, -0.15) is 12.6 Å². The number of aromatic hydroxyl groups is 1. The van der Waals surface area contributed by atoms with E-state index in [1.54, 1.807) is 12.1 Å². The number of nitrogens with two attached hydrogens (primary N) is 2. The number of phenolic OH excluding ortho intramolecular Hbond substituents is 1. The average molecular weight is 368 g/mol. The summed E-state index contributed by atoms with van der Waals surface area (Å²) in [5, 5.41) is 13.9. The Hall–Kier alpha value is -2.75. The van der Waals surface area contributed by atoms with E-state index < -0.39 is 42.1 Å². The number of benzene rings is 1. The molecular weight excluding hydrogens is 348 g/mol. The number of rotatable bonds is 9. The molecule has 1 aromatic carbocycles. The SMILES string of the molecule is NC(=O)C[C@H](NC(=O)CS)C(=O)N[C@@H](Cc1ccc(O)cc1)C(N)=O. The molecule has 136 valence electrons. The minimum atomic E-state index is -1.24. The first-order valence-electron chi connectivity index (χ1n) is 7.29. The maximum atomic E-state index is 12.3. The average Bonchev–Trinajstić information content (AvgIpc) is 2.54. The molecule has 0 unspecified atom stereocenters. The summed E-state index contributed by atoms with van der Waals surface area (Å²) in [6.45, 7) is 0. The Balaban J connectivity index is 2.83. The third-order valence-electron chi connectivity index (χ3n) is 3.24. The predicted octanol–water partition coefficient (Wildman–Crippen LogP) is -1.81. The monoisotopic (exact) mass is 368 g/mol. The molecule has 0 heterocycles. The van der Waals surface area contributed by atoms with Gasteiger partial charge in [-0.05, 0) is 17.7 Å². The lowest BCUT2D eigenvalue weighted by Gasteiger charge is -2.21. The van der Waals surface area contributed by atoms with Crippen molar-refractivity contribution in [2.45, 2.75) is 24.9 Å². The fourth-order valence-corrected chi connectivity index (χ4v) is 2.10. The van der Waals surface area contributed by atoms with E-state index in [-0.39, 0.29) is 17.9 Å². The van der Waals surface area contributed by atoms with Gasteiger partial charge in [0.1, 0.15) is 17.8 Å². The summed E-state index contributed by atoms with van der Waals surface area (Å²) in [7, 11) is 0. The van der Waals surface area contributed by atoms with Crippen molar-refractivity contribution >= 4 is 36.3 Å². The maximum Gasteiger partial charge on any atom is 0.243 e. The lowest BCUT2D eigenvalue weighted by Crippen LogP contribution is -2.54. The second-order valence-corrected chi connectivity index (χ2v) is 5.60. The van der Waals surface area contributed by atoms with E-state index in [0.717, 1.165) is 0 Å². The van der Waals surface area contributed by atoms with E-state index in [1.807, 2.05) is 0 Å². The van der Waals surface area contributed by atoms with Crippen LogP contribution in [0.25, 0.3) is 0 Å². The Labute approximate surface area is 149 Å². The van der Waals surface area contributed by atoms with Crippen molar-refractivity contribution < 1.29 is 24.3 Å². The summed E-state index contributed by atoms with van der Waals surface area (Å²) in [5.41, 5.74) is 11.0. The Morgan fingerprint density at radius 1 is 1.04 bits per heavy atom. The zero-order valence-electron chi connectivity index (χ0n) is 13.3. The van der Waals surface area contributed by atoms with Crippen LogP contribution in [0.1, 0.15) is 12.0 Å². The van der Waals surface area contributed by atoms with E-state index >= 15 is 0 Å². The molecule has 0 aliphatic rings.